The molecule has 2 rings (SSSR count). The molecule has 0 unspecified atom stereocenters. The topological polar surface area (TPSA) is 12.0 Å². The second-order valence-electron chi connectivity index (χ2n) is 6.27. The molecule has 0 spiro atoms. The maximum Gasteiger partial charge on any atom is 0.0545 e. The highest BCUT2D eigenvalue weighted by Gasteiger charge is 2.38. The molecule has 2 aliphatic carbocycles. The molecule has 0 aromatic heterocycles. The maximum absolute atomic E-state index is 4.06. The predicted octanol–water partition coefficient (Wildman–Crippen LogP) is 3.58. The van der Waals surface area contributed by atoms with Crippen molar-refractivity contribution in [3.05, 3.63) is 23.3 Å². The van der Waals surface area contributed by atoms with Crippen molar-refractivity contribution in [2.24, 2.45) is 0 Å². The fourth-order valence-corrected chi connectivity index (χ4v) is 5.46. The smallest absolute Gasteiger partial charge is 0.0545 e. The highest BCUT2D eigenvalue weighted by molar-refractivity contribution is 6.59. The molecular formula is C15H27NSi. The zero-order valence-corrected chi connectivity index (χ0v) is 13.0. The molecule has 0 heterocycles. The molecule has 1 N–H and O–H groups in total. The first kappa shape index (κ1) is 13.1. The lowest BCUT2D eigenvalue weighted by Gasteiger charge is -2.44. The van der Waals surface area contributed by atoms with Crippen LogP contribution in [0, 0.1) is 0 Å². The van der Waals surface area contributed by atoms with E-state index in [4.69, 9.17) is 0 Å². The minimum absolute atomic E-state index is 0.511. The summed E-state index contributed by atoms with van der Waals surface area (Å²) in [6.07, 6.45) is 11.7. The van der Waals surface area contributed by atoms with Crippen molar-refractivity contribution in [2.45, 2.75) is 70.2 Å². The van der Waals surface area contributed by atoms with Gasteiger partial charge in [0.25, 0.3) is 0 Å². The van der Waals surface area contributed by atoms with Crippen LogP contribution >= 0.6 is 0 Å². The van der Waals surface area contributed by atoms with Crippen LogP contribution in [0.2, 0.25) is 13.1 Å². The third-order valence-electron chi connectivity index (χ3n) is 4.80. The number of nitrogens with one attached hydrogen (secondary N) is 1. The lowest BCUT2D eigenvalue weighted by atomic mass is 9.92. The van der Waals surface area contributed by atoms with Gasteiger partial charge in [0, 0.05) is 11.2 Å². The van der Waals surface area contributed by atoms with Crippen molar-refractivity contribution in [2.75, 3.05) is 0 Å². The Morgan fingerprint density at radius 1 is 1.06 bits per heavy atom. The van der Waals surface area contributed by atoms with E-state index in [-0.39, 0.29) is 0 Å². The molecule has 0 saturated heterocycles. The third-order valence-corrected chi connectivity index (χ3v) is 7.76. The summed E-state index contributed by atoms with van der Waals surface area (Å²) >= 11 is 0. The molecule has 2 heteroatoms. The Hall–Kier alpha value is -0.343. The summed E-state index contributed by atoms with van der Waals surface area (Å²) in [5.41, 5.74) is 3.00. The van der Waals surface area contributed by atoms with E-state index in [0.717, 1.165) is 0 Å². The molecule has 0 atom stereocenters. The quantitative estimate of drug-likeness (QED) is 0.754. The van der Waals surface area contributed by atoms with E-state index < -0.39 is 8.80 Å². The average Bonchev–Trinajstić information content (AvgIpc) is 2.62. The van der Waals surface area contributed by atoms with Crippen molar-refractivity contribution < 1.29 is 0 Å². The van der Waals surface area contributed by atoms with Gasteiger partial charge in [0.2, 0.25) is 0 Å². The van der Waals surface area contributed by atoms with Gasteiger partial charge in [-0.2, -0.15) is 0 Å². The van der Waals surface area contributed by atoms with Crippen LogP contribution in [0.15, 0.2) is 23.3 Å². The molecule has 0 radical (unpaired) electrons. The molecule has 0 amide bonds. The van der Waals surface area contributed by atoms with Crippen LogP contribution in [0.4, 0.5) is 0 Å². The van der Waals surface area contributed by atoms with Crippen LogP contribution in [-0.2, 0) is 0 Å². The number of rotatable bonds is 3. The van der Waals surface area contributed by atoms with E-state index in [1.54, 1.807) is 0 Å². The fraction of sp³-hybridized carbons (Fsp3) is 0.733. The minimum atomic E-state index is -0.664. The second-order valence-corrected chi connectivity index (χ2v) is 9.68. The Morgan fingerprint density at radius 3 is 2.06 bits per heavy atom. The summed E-state index contributed by atoms with van der Waals surface area (Å²) in [6.45, 7) is 9.57. The first-order valence-electron chi connectivity index (χ1n) is 7.18. The molecule has 0 aromatic carbocycles. The van der Waals surface area contributed by atoms with E-state index >= 15 is 0 Å². The van der Waals surface area contributed by atoms with E-state index in [9.17, 15) is 0 Å². The van der Waals surface area contributed by atoms with Gasteiger partial charge in [-0.05, 0) is 26.7 Å². The van der Waals surface area contributed by atoms with Crippen LogP contribution in [0.25, 0.3) is 0 Å². The van der Waals surface area contributed by atoms with Gasteiger partial charge in [-0.1, -0.05) is 55.7 Å². The van der Waals surface area contributed by atoms with Crippen molar-refractivity contribution in [1.82, 2.24) is 5.32 Å². The minimum Gasteiger partial charge on any atom is -0.304 e. The van der Waals surface area contributed by atoms with Gasteiger partial charge in [-0.15, -0.1) is 0 Å². The summed E-state index contributed by atoms with van der Waals surface area (Å²) in [6, 6.07) is 0.531. The van der Waals surface area contributed by atoms with E-state index in [1.807, 2.05) is 0 Å². The van der Waals surface area contributed by atoms with Gasteiger partial charge in [0.1, 0.15) is 0 Å². The summed E-state index contributed by atoms with van der Waals surface area (Å²) < 4.78 is 0. The second kappa shape index (κ2) is 5.11. The summed E-state index contributed by atoms with van der Waals surface area (Å²) in [5.74, 6) is 0. The van der Waals surface area contributed by atoms with Crippen LogP contribution in [-0.4, -0.2) is 20.0 Å². The van der Waals surface area contributed by atoms with Crippen molar-refractivity contribution in [3.8, 4) is 0 Å². The van der Waals surface area contributed by atoms with Gasteiger partial charge in [-0.3, -0.25) is 0 Å². The summed E-state index contributed by atoms with van der Waals surface area (Å²) in [5, 5.41) is 4.57. The SMILES string of the molecule is CC1=CC=C(C)C1NC1([SiH](C)C)CCCCC1. The van der Waals surface area contributed by atoms with Gasteiger partial charge in [0.15, 0.2) is 0 Å². The Labute approximate surface area is 108 Å². The largest absolute Gasteiger partial charge is 0.304 e. The molecule has 0 bridgehead atoms. The molecule has 17 heavy (non-hydrogen) atoms. The fourth-order valence-electron chi connectivity index (χ4n) is 3.40. The Balaban J connectivity index is 2.13. The molecule has 0 aliphatic heterocycles. The Kier molecular flexibility index (Phi) is 3.94. The molecule has 2 aliphatic rings. The zero-order chi connectivity index (χ0) is 12.5. The lowest BCUT2D eigenvalue weighted by molar-refractivity contribution is 0.310. The average molecular weight is 249 g/mol. The third kappa shape index (κ3) is 2.58. The van der Waals surface area contributed by atoms with Crippen LogP contribution in [0.5, 0.6) is 0 Å². The van der Waals surface area contributed by atoms with Crippen LogP contribution in [0.3, 0.4) is 0 Å². The molecule has 1 nitrogen and oxygen atoms in total. The maximum atomic E-state index is 4.06. The standard InChI is InChI=1S/C15H27NSi/c1-12-8-9-13(2)14(12)16-15(17(3)4)10-6-5-7-11-15/h8-9,14,16-17H,5-7,10-11H2,1-4H3. The Bertz CT molecular complexity index is 317. The molecule has 0 aromatic rings. The Morgan fingerprint density at radius 2 is 1.59 bits per heavy atom. The van der Waals surface area contributed by atoms with Crippen LogP contribution < -0.4 is 5.32 Å². The van der Waals surface area contributed by atoms with Gasteiger partial charge in [-0.25, -0.2) is 0 Å². The van der Waals surface area contributed by atoms with Crippen molar-refractivity contribution >= 4 is 8.80 Å². The van der Waals surface area contributed by atoms with Gasteiger partial charge in [0.05, 0.1) is 8.80 Å². The normalized spacial score (nSPS) is 25.0. The van der Waals surface area contributed by atoms with Gasteiger partial charge >= 0.3 is 0 Å². The van der Waals surface area contributed by atoms with E-state index in [0.29, 0.717) is 11.2 Å². The summed E-state index contributed by atoms with van der Waals surface area (Å²) in [7, 11) is -0.664. The highest BCUT2D eigenvalue weighted by atomic mass is 28.3. The molecule has 1 saturated carbocycles. The number of allylic oxidation sites excluding steroid dienone is 2. The van der Waals surface area contributed by atoms with Crippen LogP contribution in [0.1, 0.15) is 46.0 Å². The molecule has 1 fully saturated rings. The molecular weight excluding hydrogens is 222 g/mol. The lowest BCUT2D eigenvalue weighted by Crippen LogP contribution is -2.59. The van der Waals surface area contributed by atoms with Crippen molar-refractivity contribution in [3.63, 3.8) is 0 Å². The monoisotopic (exact) mass is 249 g/mol. The first-order valence-corrected chi connectivity index (χ1v) is 10.1. The number of hydrogen-bond acceptors (Lipinski definition) is 1. The summed E-state index contributed by atoms with van der Waals surface area (Å²) in [4.78, 5) is 0. The highest BCUT2D eigenvalue weighted by Crippen LogP contribution is 2.33. The van der Waals surface area contributed by atoms with E-state index in [2.05, 4.69) is 44.4 Å². The number of hydrogen-bond donors (Lipinski definition) is 1. The van der Waals surface area contributed by atoms with E-state index in [1.165, 1.54) is 43.3 Å². The zero-order valence-electron chi connectivity index (χ0n) is 11.8. The van der Waals surface area contributed by atoms with Gasteiger partial charge < -0.3 is 5.32 Å². The van der Waals surface area contributed by atoms with Crippen molar-refractivity contribution in [1.29, 1.82) is 0 Å². The molecule has 96 valence electrons. The first-order chi connectivity index (χ1) is 8.05. The predicted molar refractivity (Wildman–Crippen MR) is 79.1 cm³/mol.